The van der Waals surface area contributed by atoms with Crippen molar-refractivity contribution in [1.82, 2.24) is 0 Å². The molecule has 0 aromatic heterocycles. The number of rotatable bonds is 8. The van der Waals surface area contributed by atoms with Gasteiger partial charge in [-0.3, -0.25) is 14.4 Å². The second-order valence-corrected chi connectivity index (χ2v) is 8.94. The molecular formula is C25H27BrN2O6. The predicted molar refractivity (Wildman–Crippen MR) is 131 cm³/mol. The highest BCUT2D eigenvalue weighted by Crippen LogP contribution is 2.27. The fourth-order valence-electron chi connectivity index (χ4n) is 3.53. The molecule has 1 atom stereocenters. The van der Waals surface area contributed by atoms with Gasteiger partial charge in [0.25, 0.3) is 5.91 Å². The van der Waals surface area contributed by atoms with Gasteiger partial charge in [0.1, 0.15) is 0 Å². The Morgan fingerprint density at radius 2 is 1.76 bits per heavy atom. The number of hydrogen-bond acceptors (Lipinski definition) is 6. The van der Waals surface area contributed by atoms with E-state index in [1.54, 1.807) is 30.3 Å². The summed E-state index contributed by atoms with van der Waals surface area (Å²) in [7, 11) is 0. The first-order chi connectivity index (χ1) is 16.2. The van der Waals surface area contributed by atoms with Crippen LogP contribution in [0, 0.1) is 19.8 Å². The van der Waals surface area contributed by atoms with Gasteiger partial charge in [0.15, 0.2) is 6.61 Å². The zero-order chi connectivity index (χ0) is 24.8. The lowest BCUT2D eigenvalue weighted by molar-refractivity contribution is -0.151. The molecule has 0 bridgehead atoms. The normalized spacial score (nSPS) is 15.2. The molecule has 0 aliphatic carbocycles. The highest BCUT2D eigenvalue weighted by Gasteiger charge is 2.36. The molecule has 180 valence electrons. The van der Waals surface area contributed by atoms with Crippen molar-refractivity contribution < 1.29 is 28.7 Å². The van der Waals surface area contributed by atoms with Gasteiger partial charge in [-0.05, 0) is 67.8 Å². The van der Waals surface area contributed by atoms with Gasteiger partial charge in [-0.25, -0.2) is 4.79 Å². The molecular weight excluding hydrogens is 504 g/mol. The summed E-state index contributed by atoms with van der Waals surface area (Å²) in [5, 5.41) is 2.74. The minimum absolute atomic E-state index is 0.00817. The Balaban J connectivity index is 1.53. The van der Waals surface area contributed by atoms with Crippen LogP contribution in [0.1, 0.15) is 41.3 Å². The first-order valence-electron chi connectivity index (χ1n) is 11.0. The molecule has 0 unspecified atom stereocenters. The summed E-state index contributed by atoms with van der Waals surface area (Å²) >= 11 is 3.44. The average molecular weight is 531 g/mol. The number of esters is 2. The van der Waals surface area contributed by atoms with E-state index in [-0.39, 0.29) is 18.9 Å². The smallest absolute Gasteiger partial charge is 0.338 e. The Kier molecular flexibility index (Phi) is 8.44. The van der Waals surface area contributed by atoms with Crippen molar-refractivity contribution in [3.8, 4) is 0 Å². The monoisotopic (exact) mass is 530 g/mol. The van der Waals surface area contributed by atoms with Crippen LogP contribution in [0.5, 0.6) is 0 Å². The highest BCUT2D eigenvalue weighted by atomic mass is 79.9. The number of amides is 2. The molecule has 1 heterocycles. The summed E-state index contributed by atoms with van der Waals surface area (Å²) in [4.78, 5) is 50.6. The van der Waals surface area contributed by atoms with Gasteiger partial charge >= 0.3 is 11.9 Å². The summed E-state index contributed by atoms with van der Waals surface area (Å²) in [6.07, 6.45) is 0.723. The van der Waals surface area contributed by atoms with Crippen LogP contribution in [0.3, 0.4) is 0 Å². The lowest BCUT2D eigenvalue weighted by Crippen LogP contribution is -2.28. The molecule has 34 heavy (non-hydrogen) atoms. The van der Waals surface area contributed by atoms with E-state index in [1.807, 2.05) is 26.8 Å². The molecule has 2 aromatic carbocycles. The molecule has 8 nitrogen and oxygen atoms in total. The fraction of sp³-hybridized carbons (Fsp3) is 0.360. The van der Waals surface area contributed by atoms with Gasteiger partial charge in [-0.2, -0.15) is 0 Å². The number of carbonyl (C=O) groups excluding carboxylic acids is 4. The Labute approximate surface area is 206 Å². The number of benzene rings is 2. The Morgan fingerprint density at radius 1 is 1.06 bits per heavy atom. The molecule has 2 aromatic rings. The van der Waals surface area contributed by atoms with Crippen molar-refractivity contribution in [1.29, 1.82) is 0 Å². The van der Waals surface area contributed by atoms with Crippen molar-refractivity contribution >= 4 is 51.1 Å². The van der Waals surface area contributed by atoms with E-state index in [4.69, 9.17) is 9.47 Å². The van der Waals surface area contributed by atoms with E-state index >= 15 is 0 Å². The van der Waals surface area contributed by atoms with E-state index < -0.39 is 30.4 Å². The van der Waals surface area contributed by atoms with Gasteiger partial charge in [0, 0.05) is 28.8 Å². The number of ether oxygens (including phenoxy) is 2. The maximum Gasteiger partial charge on any atom is 0.338 e. The number of nitrogens with one attached hydrogen (secondary N) is 1. The van der Waals surface area contributed by atoms with Crippen LogP contribution in [0.2, 0.25) is 0 Å². The number of halogens is 1. The van der Waals surface area contributed by atoms with Crippen LogP contribution in [0.15, 0.2) is 40.9 Å². The number of carbonyl (C=O) groups is 4. The molecule has 0 radical (unpaired) electrons. The number of hydrogen-bond donors (Lipinski definition) is 1. The van der Waals surface area contributed by atoms with Gasteiger partial charge < -0.3 is 19.7 Å². The van der Waals surface area contributed by atoms with Crippen LogP contribution in [-0.2, 0) is 23.9 Å². The Bertz CT molecular complexity index is 1100. The van der Waals surface area contributed by atoms with Crippen LogP contribution in [0.25, 0.3) is 0 Å². The van der Waals surface area contributed by atoms with Crippen molar-refractivity contribution in [3.63, 3.8) is 0 Å². The fourth-order valence-corrected chi connectivity index (χ4v) is 3.96. The maximum atomic E-state index is 12.5. The van der Waals surface area contributed by atoms with Crippen molar-refractivity contribution in [2.45, 2.75) is 33.6 Å². The van der Waals surface area contributed by atoms with E-state index in [0.29, 0.717) is 23.5 Å². The van der Waals surface area contributed by atoms with Crippen molar-refractivity contribution in [2.75, 3.05) is 30.0 Å². The molecule has 1 N–H and O–H groups in total. The molecule has 1 aliphatic rings. The largest absolute Gasteiger partial charge is 0.462 e. The average Bonchev–Trinajstić information content (AvgIpc) is 3.23. The molecule has 1 fully saturated rings. The predicted octanol–water partition coefficient (Wildman–Crippen LogP) is 4.17. The number of anilines is 2. The SMILES string of the molecule is CCCOC(=O)c1ccc(N2C[C@H](C(=O)OCC(=O)Nc3ccc(Br)c(C)c3C)CC2=O)cc1. The third kappa shape index (κ3) is 6.02. The quantitative estimate of drug-likeness (QED) is 0.514. The van der Waals surface area contributed by atoms with Gasteiger partial charge in [-0.1, -0.05) is 22.9 Å². The van der Waals surface area contributed by atoms with Gasteiger partial charge in [-0.15, -0.1) is 0 Å². The minimum atomic E-state index is -0.675. The van der Waals surface area contributed by atoms with E-state index in [0.717, 1.165) is 22.0 Å². The third-order valence-electron chi connectivity index (χ3n) is 5.65. The topological polar surface area (TPSA) is 102 Å². The molecule has 1 saturated heterocycles. The van der Waals surface area contributed by atoms with Crippen LogP contribution in [0.4, 0.5) is 11.4 Å². The summed E-state index contributed by atoms with van der Waals surface area (Å²) < 4.78 is 11.2. The van der Waals surface area contributed by atoms with Crippen LogP contribution in [-0.4, -0.2) is 43.5 Å². The van der Waals surface area contributed by atoms with Gasteiger partial charge in [0.2, 0.25) is 5.91 Å². The minimum Gasteiger partial charge on any atom is -0.462 e. The first-order valence-corrected chi connectivity index (χ1v) is 11.8. The van der Waals surface area contributed by atoms with Crippen LogP contribution < -0.4 is 10.2 Å². The van der Waals surface area contributed by atoms with Crippen molar-refractivity contribution in [3.05, 3.63) is 57.6 Å². The third-order valence-corrected chi connectivity index (χ3v) is 6.51. The maximum absolute atomic E-state index is 12.5. The molecule has 9 heteroatoms. The lowest BCUT2D eigenvalue weighted by atomic mass is 10.1. The Morgan fingerprint density at radius 3 is 2.44 bits per heavy atom. The molecule has 3 rings (SSSR count). The Hall–Kier alpha value is -3.20. The molecule has 2 amide bonds. The van der Waals surface area contributed by atoms with Crippen LogP contribution >= 0.6 is 15.9 Å². The lowest BCUT2D eigenvalue weighted by Gasteiger charge is -2.17. The van der Waals surface area contributed by atoms with E-state index in [9.17, 15) is 19.2 Å². The second kappa shape index (κ2) is 11.3. The zero-order valence-electron chi connectivity index (χ0n) is 19.4. The van der Waals surface area contributed by atoms with E-state index in [1.165, 1.54) is 4.90 Å². The highest BCUT2D eigenvalue weighted by molar-refractivity contribution is 9.10. The molecule has 0 saturated carbocycles. The number of nitrogens with zero attached hydrogens (tertiary/aromatic N) is 1. The second-order valence-electron chi connectivity index (χ2n) is 8.09. The standard InChI is InChI=1S/C25H27BrN2O6/c1-4-11-33-24(31)17-5-7-19(8-6-17)28-13-18(12-23(28)30)25(32)34-14-22(29)27-21-10-9-20(26)15(2)16(21)3/h5-10,18H,4,11-14H2,1-3H3,(H,27,29)/t18-/m1/s1. The zero-order valence-corrected chi connectivity index (χ0v) is 20.9. The summed E-state index contributed by atoms with van der Waals surface area (Å²) in [6.45, 7) is 5.78. The van der Waals surface area contributed by atoms with Crippen molar-refractivity contribution in [2.24, 2.45) is 5.92 Å². The molecule has 1 aliphatic heterocycles. The summed E-state index contributed by atoms with van der Waals surface area (Å²) in [5.74, 6) is -2.38. The van der Waals surface area contributed by atoms with E-state index in [2.05, 4.69) is 21.2 Å². The summed E-state index contributed by atoms with van der Waals surface area (Å²) in [5.41, 5.74) is 3.53. The molecule has 0 spiro atoms. The first kappa shape index (κ1) is 25.4. The van der Waals surface area contributed by atoms with Gasteiger partial charge in [0.05, 0.1) is 18.1 Å². The summed E-state index contributed by atoms with van der Waals surface area (Å²) in [6, 6.07) is 10.1.